The van der Waals surface area contributed by atoms with Crippen molar-refractivity contribution in [3.05, 3.63) is 77.0 Å². The van der Waals surface area contributed by atoms with Gasteiger partial charge in [0.05, 0.1) is 5.69 Å². The Hall–Kier alpha value is -3.36. The molecular formula is C24H23F2N5O. The maximum absolute atomic E-state index is 14.6. The maximum Gasteiger partial charge on any atom is 0.182 e. The largest absolute Gasteiger partial charge is 0.508 e. The van der Waals surface area contributed by atoms with E-state index in [4.69, 9.17) is 0 Å². The van der Waals surface area contributed by atoms with Crippen LogP contribution in [-0.2, 0) is 6.54 Å². The van der Waals surface area contributed by atoms with Crippen molar-refractivity contribution in [3.63, 3.8) is 0 Å². The molecular weight excluding hydrogens is 412 g/mol. The summed E-state index contributed by atoms with van der Waals surface area (Å²) in [7, 11) is 0. The fourth-order valence-corrected chi connectivity index (χ4v) is 4.41. The zero-order valence-electron chi connectivity index (χ0n) is 17.6. The number of H-pyrrole nitrogens is 1. The molecule has 3 N–H and O–H groups in total. The van der Waals surface area contributed by atoms with Crippen LogP contribution in [-0.4, -0.2) is 44.8 Å². The van der Waals surface area contributed by atoms with Crippen LogP contribution in [0.2, 0.25) is 0 Å². The van der Waals surface area contributed by atoms with Crippen LogP contribution in [0.4, 0.5) is 8.78 Å². The smallest absolute Gasteiger partial charge is 0.182 e. The van der Waals surface area contributed by atoms with Gasteiger partial charge in [0.1, 0.15) is 17.4 Å². The Bertz CT molecular complexity index is 1270. The minimum Gasteiger partial charge on any atom is -0.508 e. The number of aryl methyl sites for hydroxylation is 1. The number of aromatic hydroxyl groups is 1. The predicted molar refractivity (Wildman–Crippen MR) is 118 cm³/mol. The number of phenolic OH excluding ortho intramolecular Hbond substituents is 1. The van der Waals surface area contributed by atoms with E-state index in [0.717, 1.165) is 47.9 Å². The van der Waals surface area contributed by atoms with Crippen molar-refractivity contribution in [2.24, 2.45) is 0 Å². The van der Waals surface area contributed by atoms with Crippen molar-refractivity contribution >= 4 is 11.0 Å². The van der Waals surface area contributed by atoms with Gasteiger partial charge in [-0.05, 0) is 48.4 Å². The SMILES string of the molecule is Cc1[nH]nc2nc(-c3ccc(O)cc3F)cc(CN3CCNCC3c3ccc(F)cc3)c12. The fraction of sp³-hybridized carbons (Fsp3) is 0.250. The molecule has 2 aromatic carbocycles. The Labute approximate surface area is 183 Å². The van der Waals surface area contributed by atoms with Crippen LogP contribution in [0.5, 0.6) is 5.75 Å². The van der Waals surface area contributed by atoms with Crippen LogP contribution in [0, 0.1) is 18.6 Å². The summed E-state index contributed by atoms with van der Waals surface area (Å²) in [4.78, 5) is 6.90. The molecule has 1 aliphatic rings. The number of aromatic amines is 1. The lowest BCUT2D eigenvalue weighted by molar-refractivity contribution is 0.154. The van der Waals surface area contributed by atoms with E-state index in [9.17, 15) is 13.9 Å². The molecule has 0 bridgehead atoms. The summed E-state index contributed by atoms with van der Waals surface area (Å²) in [5, 5.41) is 21.2. The summed E-state index contributed by atoms with van der Waals surface area (Å²) in [6, 6.07) is 12.6. The van der Waals surface area contributed by atoms with E-state index in [1.54, 1.807) is 0 Å². The molecule has 0 radical (unpaired) electrons. The van der Waals surface area contributed by atoms with Crippen LogP contribution >= 0.6 is 0 Å². The number of benzene rings is 2. The van der Waals surface area contributed by atoms with E-state index in [1.807, 2.05) is 25.1 Å². The number of phenols is 1. The van der Waals surface area contributed by atoms with Crippen molar-refractivity contribution in [2.75, 3.05) is 19.6 Å². The van der Waals surface area contributed by atoms with Crippen LogP contribution in [0.15, 0.2) is 48.5 Å². The number of nitrogens with zero attached hydrogens (tertiary/aromatic N) is 3. The third kappa shape index (κ3) is 3.83. The highest BCUT2D eigenvalue weighted by molar-refractivity contribution is 5.84. The topological polar surface area (TPSA) is 77.1 Å². The van der Waals surface area contributed by atoms with E-state index < -0.39 is 5.82 Å². The lowest BCUT2D eigenvalue weighted by Crippen LogP contribution is -2.45. The Balaban J connectivity index is 1.56. The summed E-state index contributed by atoms with van der Waals surface area (Å²) in [5.74, 6) is -0.929. The molecule has 6 nitrogen and oxygen atoms in total. The first-order valence-corrected chi connectivity index (χ1v) is 10.5. The van der Waals surface area contributed by atoms with Gasteiger partial charge in [0.15, 0.2) is 5.65 Å². The van der Waals surface area contributed by atoms with Gasteiger partial charge in [0.25, 0.3) is 0 Å². The van der Waals surface area contributed by atoms with Crippen LogP contribution < -0.4 is 5.32 Å². The van der Waals surface area contributed by atoms with Crippen molar-refractivity contribution in [2.45, 2.75) is 19.5 Å². The van der Waals surface area contributed by atoms with Gasteiger partial charge in [-0.1, -0.05) is 12.1 Å². The molecule has 0 saturated carbocycles. The first-order chi connectivity index (χ1) is 15.5. The lowest BCUT2D eigenvalue weighted by Gasteiger charge is -2.36. The Morgan fingerprint density at radius 2 is 1.94 bits per heavy atom. The third-order valence-corrected chi connectivity index (χ3v) is 6.00. The fourth-order valence-electron chi connectivity index (χ4n) is 4.41. The van der Waals surface area contributed by atoms with E-state index in [-0.39, 0.29) is 17.6 Å². The molecule has 1 aliphatic heterocycles. The molecule has 0 aliphatic carbocycles. The molecule has 32 heavy (non-hydrogen) atoms. The molecule has 3 heterocycles. The molecule has 1 saturated heterocycles. The standard InChI is InChI=1S/C24H23F2N5O/c1-14-23-16(13-31-9-8-27-12-22(31)15-2-4-17(25)5-3-15)10-21(28-24(23)30-29-14)19-7-6-18(32)11-20(19)26/h2-7,10-11,22,27,32H,8-9,12-13H2,1H3,(H,28,29,30). The van der Waals surface area contributed by atoms with Gasteiger partial charge in [-0.3, -0.25) is 10.00 Å². The van der Waals surface area contributed by atoms with Gasteiger partial charge in [0.2, 0.25) is 0 Å². The third-order valence-electron chi connectivity index (χ3n) is 6.00. The highest BCUT2D eigenvalue weighted by Gasteiger charge is 2.25. The van der Waals surface area contributed by atoms with Crippen LogP contribution in [0.1, 0.15) is 22.9 Å². The molecule has 0 spiro atoms. The molecule has 0 amide bonds. The predicted octanol–water partition coefficient (Wildman–Crippen LogP) is 4.06. The number of halogens is 2. The van der Waals surface area contributed by atoms with Gasteiger partial charge in [-0.25, -0.2) is 13.8 Å². The number of aromatic nitrogens is 3. The quantitative estimate of drug-likeness (QED) is 0.451. The van der Waals surface area contributed by atoms with Gasteiger partial charge in [-0.15, -0.1) is 0 Å². The van der Waals surface area contributed by atoms with Crippen molar-refractivity contribution in [1.29, 1.82) is 0 Å². The van der Waals surface area contributed by atoms with E-state index in [2.05, 4.69) is 25.4 Å². The molecule has 1 fully saturated rings. The Kier molecular flexibility index (Phi) is 5.32. The summed E-state index contributed by atoms with van der Waals surface area (Å²) in [6.45, 7) is 4.96. The lowest BCUT2D eigenvalue weighted by atomic mass is 10.0. The second-order valence-corrected chi connectivity index (χ2v) is 8.12. The minimum atomic E-state index is -0.540. The summed E-state index contributed by atoms with van der Waals surface area (Å²) in [5.41, 5.74) is 4.21. The maximum atomic E-state index is 14.6. The number of pyridine rings is 1. The number of piperazine rings is 1. The number of nitrogens with one attached hydrogen (secondary N) is 2. The summed E-state index contributed by atoms with van der Waals surface area (Å²) in [6.07, 6.45) is 0. The second kappa shape index (κ2) is 8.29. The number of hydrogen-bond acceptors (Lipinski definition) is 5. The minimum absolute atomic E-state index is 0.0774. The van der Waals surface area contributed by atoms with Gasteiger partial charge >= 0.3 is 0 Å². The molecule has 1 atom stereocenters. The van der Waals surface area contributed by atoms with Crippen LogP contribution in [0.25, 0.3) is 22.3 Å². The van der Waals surface area contributed by atoms with Gasteiger partial charge in [0, 0.05) is 54.9 Å². The summed E-state index contributed by atoms with van der Waals surface area (Å²) >= 11 is 0. The Morgan fingerprint density at radius 1 is 1.12 bits per heavy atom. The highest BCUT2D eigenvalue weighted by Crippen LogP contribution is 2.32. The number of hydrogen-bond donors (Lipinski definition) is 3. The number of rotatable bonds is 4. The molecule has 164 valence electrons. The zero-order valence-corrected chi connectivity index (χ0v) is 17.6. The van der Waals surface area contributed by atoms with E-state index >= 15 is 0 Å². The van der Waals surface area contributed by atoms with Crippen molar-refractivity contribution in [1.82, 2.24) is 25.4 Å². The molecule has 2 aromatic heterocycles. The molecule has 8 heteroatoms. The van der Waals surface area contributed by atoms with Crippen molar-refractivity contribution < 1.29 is 13.9 Å². The normalized spacial score (nSPS) is 17.2. The highest BCUT2D eigenvalue weighted by atomic mass is 19.1. The van der Waals surface area contributed by atoms with E-state index in [0.29, 0.717) is 23.4 Å². The Morgan fingerprint density at radius 3 is 2.72 bits per heavy atom. The molecule has 4 aromatic rings. The summed E-state index contributed by atoms with van der Waals surface area (Å²) < 4.78 is 28.0. The first kappa shape index (κ1) is 20.5. The van der Waals surface area contributed by atoms with Gasteiger partial charge < -0.3 is 10.4 Å². The number of fused-ring (bicyclic) bond motifs is 1. The van der Waals surface area contributed by atoms with E-state index in [1.165, 1.54) is 24.3 Å². The van der Waals surface area contributed by atoms with Crippen molar-refractivity contribution in [3.8, 4) is 17.0 Å². The average Bonchev–Trinajstić information content (AvgIpc) is 3.16. The average molecular weight is 435 g/mol. The first-order valence-electron chi connectivity index (χ1n) is 10.5. The molecule has 1 unspecified atom stereocenters. The monoisotopic (exact) mass is 435 g/mol. The van der Waals surface area contributed by atoms with Gasteiger partial charge in [-0.2, -0.15) is 5.10 Å². The second-order valence-electron chi connectivity index (χ2n) is 8.12. The zero-order chi connectivity index (χ0) is 22.2. The molecule has 5 rings (SSSR count). The van der Waals surface area contributed by atoms with Crippen LogP contribution in [0.3, 0.4) is 0 Å².